The third kappa shape index (κ3) is 3.05. The van der Waals surface area contributed by atoms with Crippen LogP contribution >= 0.6 is 0 Å². The molecule has 140 valence electrons. The van der Waals surface area contributed by atoms with Crippen molar-refractivity contribution in [3.05, 3.63) is 58.9 Å². The van der Waals surface area contributed by atoms with Crippen molar-refractivity contribution in [2.45, 2.75) is 19.3 Å². The summed E-state index contributed by atoms with van der Waals surface area (Å²) in [4.78, 5) is 21.3. The van der Waals surface area contributed by atoms with Crippen LogP contribution in [0.25, 0.3) is 11.6 Å². The van der Waals surface area contributed by atoms with Gasteiger partial charge in [-0.15, -0.1) is 0 Å². The van der Waals surface area contributed by atoms with E-state index in [0.29, 0.717) is 17.4 Å². The third-order valence-corrected chi connectivity index (χ3v) is 5.97. The van der Waals surface area contributed by atoms with Crippen LogP contribution in [0.3, 0.4) is 0 Å². The van der Waals surface area contributed by atoms with Crippen LogP contribution in [0.15, 0.2) is 36.5 Å². The summed E-state index contributed by atoms with van der Waals surface area (Å²) in [6.07, 6.45) is 7.08. The number of amides is 1. The maximum absolute atomic E-state index is 12.3. The van der Waals surface area contributed by atoms with Gasteiger partial charge in [-0.05, 0) is 48.3 Å². The van der Waals surface area contributed by atoms with Crippen LogP contribution < -0.4 is 4.90 Å². The highest BCUT2D eigenvalue weighted by molar-refractivity contribution is 5.92. The lowest BCUT2D eigenvalue weighted by Gasteiger charge is -2.37. The van der Waals surface area contributed by atoms with Gasteiger partial charge in [0.25, 0.3) is 0 Å². The van der Waals surface area contributed by atoms with Gasteiger partial charge in [0.2, 0.25) is 5.91 Å². The molecule has 2 aliphatic carbocycles. The minimum absolute atomic E-state index is 0.301. The van der Waals surface area contributed by atoms with Gasteiger partial charge in [-0.3, -0.25) is 9.78 Å². The second-order valence-corrected chi connectivity index (χ2v) is 7.81. The molecule has 28 heavy (non-hydrogen) atoms. The van der Waals surface area contributed by atoms with Gasteiger partial charge in [0.1, 0.15) is 0 Å². The molecule has 5 nitrogen and oxygen atoms in total. The van der Waals surface area contributed by atoms with Gasteiger partial charge >= 0.3 is 0 Å². The van der Waals surface area contributed by atoms with Gasteiger partial charge in [-0.25, -0.2) is 0 Å². The van der Waals surface area contributed by atoms with Gasteiger partial charge in [0.05, 0.1) is 17.3 Å². The summed E-state index contributed by atoms with van der Waals surface area (Å²) in [6, 6.07) is 12.0. The van der Waals surface area contributed by atoms with Crippen LogP contribution in [0.4, 0.5) is 5.69 Å². The predicted octanol–water partition coefficient (Wildman–Crippen LogP) is 3.11. The van der Waals surface area contributed by atoms with Crippen molar-refractivity contribution in [2.75, 3.05) is 31.1 Å². The Labute approximate surface area is 164 Å². The van der Waals surface area contributed by atoms with E-state index in [4.69, 9.17) is 5.26 Å². The van der Waals surface area contributed by atoms with Crippen LogP contribution in [0.5, 0.6) is 0 Å². The smallest absolute Gasteiger partial charge is 0.225 e. The zero-order valence-electron chi connectivity index (χ0n) is 15.8. The molecule has 0 bridgehead atoms. The summed E-state index contributed by atoms with van der Waals surface area (Å²) < 4.78 is 0. The molecule has 0 atom stereocenters. The SMILES string of the molecule is N#Cc1ccc(C2=Cc3c(N4CCN(C(=O)C5CC5)CC4)ccnc3C2)cc1. The minimum Gasteiger partial charge on any atom is -0.367 e. The number of piperazine rings is 1. The predicted molar refractivity (Wildman–Crippen MR) is 108 cm³/mol. The van der Waals surface area contributed by atoms with E-state index in [1.807, 2.05) is 35.4 Å². The molecule has 1 saturated heterocycles. The number of carbonyl (C=O) groups excluding carboxylic acids is 1. The van der Waals surface area contributed by atoms with E-state index in [9.17, 15) is 4.79 Å². The molecule has 5 rings (SSSR count). The minimum atomic E-state index is 0.301. The van der Waals surface area contributed by atoms with E-state index in [1.165, 1.54) is 16.8 Å². The lowest BCUT2D eigenvalue weighted by Crippen LogP contribution is -2.49. The van der Waals surface area contributed by atoms with Gasteiger partial charge in [-0.1, -0.05) is 12.1 Å². The summed E-state index contributed by atoms with van der Waals surface area (Å²) in [6.45, 7) is 3.35. The number of carbonyl (C=O) groups is 1. The Bertz CT molecular complexity index is 990. The average molecular weight is 370 g/mol. The van der Waals surface area contributed by atoms with Gasteiger partial charge in [-0.2, -0.15) is 5.26 Å². The number of anilines is 1. The number of hydrogen-bond acceptors (Lipinski definition) is 4. The van der Waals surface area contributed by atoms with Crippen molar-refractivity contribution in [3.63, 3.8) is 0 Å². The van der Waals surface area contributed by atoms with Crippen molar-refractivity contribution in [2.24, 2.45) is 5.92 Å². The molecule has 5 heteroatoms. The number of hydrogen-bond donors (Lipinski definition) is 0. The van der Waals surface area contributed by atoms with E-state index >= 15 is 0 Å². The van der Waals surface area contributed by atoms with Gasteiger partial charge in [0, 0.05) is 56.0 Å². The van der Waals surface area contributed by atoms with Crippen LogP contribution in [0.1, 0.15) is 35.2 Å². The molecule has 1 aromatic heterocycles. The number of pyridine rings is 1. The lowest BCUT2D eigenvalue weighted by atomic mass is 10.0. The summed E-state index contributed by atoms with van der Waals surface area (Å²) in [5, 5.41) is 9.00. The van der Waals surface area contributed by atoms with Crippen molar-refractivity contribution < 1.29 is 4.79 Å². The van der Waals surface area contributed by atoms with Crippen molar-refractivity contribution in [1.29, 1.82) is 5.26 Å². The number of allylic oxidation sites excluding steroid dienone is 1. The second-order valence-electron chi connectivity index (χ2n) is 7.81. The first-order chi connectivity index (χ1) is 13.7. The molecule has 1 amide bonds. The Balaban J connectivity index is 1.36. The van der Waals surface area contributed by atoms with Gasteiger partial charge in [0.15, 0.2) is 0 Å². The van der Waals surface area contributed by atoms with E-state index in [0.717, 1.165) is 56.7 Å². The standard InChI is InChI=1S/C23H22N4O/c24-15-16-1-3-17(4-2-16)19-13-20-21(14-19)25-8-7-22(20)26-9-11-27(12-10-26)23(28)18-5-6-18/h1-4,7-8,13,18H,5-6,9-12,14H2. The van der Waals surface area contributed by atoms with Gasteiger partial charge < -0.3 is 9.80 Å². The van der Waals surface area contributed by atoms with E-state index < -0.39 is 0 Å². The fourth-order valence-electron chi connectivity index (χ4n) is 4.18. The Kier molecular flexibility index (Phi) is 4.12. The molecule has 0 unspecified atom stereocenters. The number of aromatic nitrogens is 1. The fourth-order valence-corrected chi connectivity index (χ4v) is 4.18. The fraction of sp³-hybridized carbons (Fsp3) is 0.348. The molecular weight excluding hydrogens is 348 g/mol. The highest BCUT2D eigenvalue weighted by Gasteiger charge is 2.35. The molecule has 0 spiro atoms. The molecule has 2 aromatic rings. The Morgan fingerprint density at radius 2 is 1.82 bits per heavy atom. The van der Waals surface area contributed by atoms with E-state index in [-0.39, 0.29) is 0 Å². The number of benzene rings is 1. The molecule has 2 heterocycles. The number of fused-ring (bicyclic) bond motifs is 1. The Morgan fingerprint density at radius 3 is 2.50 bits per heavy atom. The maximum atomic E-state index is 12.3. The maximum Gasteiger partial charge on any atom is 0.225 e. The first kappa shape index (κ1) is 17.0. The number of nitrogens with zero attached hydrogens (tertiary/aromatic N) is 4. The third-order valence-electron chi connectivity index (χ3n) is 5.97. The van der Waals surface area contributed by atoms with Crippen molar-refractivity contribution in [1.82, 2.24) is 9.88 Å². The first-order valence-corrected chi connectivity index (χ1v) is 9.95. The van der Waals surface area contributed by atoms with E-state index in [2.05, 4.69) is 28.1 Å². The zero-order valence-corrected chi connectivity index (χ0v) is 15.8. The van der Waals surface area contributed by atoms with Crippen LogP contribution in [0, 0.1) is 17.2 Å². The largest absolute Gasteiger partial charge is 0.367 e. The first-order valence-electron chi connectivity index (χ1n) is 9.95. The second kappa shape index (κ2) is 6.79. The molecule has 1 aromatic carbocycles. The Hall–Kier alpha value is -3.13. The number of rotatable bonds is 3. The molecule has 2 fully saturated rings. The topological polar surface area (TPSA) is 60.2 Å². The molecule has 3 aliphatic rings. The summed E-state index contributed by atoms with van der Waals surface area (Å²) >= 11 is 0. The Morgan fingerprint density at radius 1 is 1.07 bits per heavy atom. The highest BCUT2D eigenvalue weighted by atomic mass is 16.2. The van der Waals surface area contributed by atoms with Crippen LogP contribution in [0.2, 0.25) is 0 Å². The lowest BCUT2D eigenvalue weighted by molar-refractivity contribution is -0.132. The average Bonchev–Trinajstić information content (AvgIpc) is 3.51. The summed E-state index contributed by atoms with van der Waals surface area (Å²) in [7, 11) is 0. The van der Waals surface area contributed by atoms with Crippen molar-refractivity contribution >= 4 is 23.2 Å². The molecule has 1 aliphatic heterocycles. The number of nitriles is 1. The molecule has 1 saturated carbocycles. The molecule has 0 N–H and O–H groups in total. The van der Waals surface area contributed by atoms with Crippen LogP contribution in [-0.4, -0.2) is 42.0 Å². The zero-order chi connectivity index (χ0) is 19.1. The molecule has 0 radical (unpaired) electrons. The highest BCUT2D eigenvalue weighted by Crippen LogP contribution is 2.37. The monoisotopic (exact) mass is 370 g/mol. The summed E-state index contributed by atoms with van der Waals surface area (Å²) in [5.41, 5.74) is 6.58. The van der Waals surface area contributed by atoms with E-state index in [1.54, 1.807) is 0 Å². The van der Waals surface area contributed by atoms with Crippen LogP contribution in [-0.2, 0) is 11.2 Å². The molecular formula is C23H22N4O. The normalized spacial score (nSPS) is 18.5. The quantitative estimate of drug-likeness (QED) is 0.833. The summed E-state index contributed by atoms with van der Waals surface area (Å²) in [5.74, 6) is 0.650. The van der Waals surface area contributed by atoms with Crippen molar-refractivity contribution in [3.8, 4) is 6.07 Å².